The van der Waals surface area contributed by atoms with Crippen LogP contribution in [0.3, 0.4) is 0 Å². The fourth-order valence-electron chi connectivity index (χ4n) is 2.56. The summed E-state index contributed by atoms with van der Waals surface area (Å²) in [6.45, 7) is 0. The van der Waals surface area contributed by atoms with E-state index < -0.39 is 11.6 Å². The van der Waals surface area contributed by atoms with Crippen LogP contribution in [-0.2, 0) is 11.8 Å². The first-order valence-corrected chi connectivity index (χ1v) is 6.28. The monoisotopic (exact) mass is 275 g/mol. The van der Waals surface area contributed by atoms with E-state index in [0.29, 0.717) is 11.3 Å². The Bertz CT molecular complexity index is 646. The minimum atomic E-state index is -4.38. The maximum Gasteiger partial charge on any atom is 0.403 e. The van der Waals surface area contributed by atoms with Crippen LogP contribution in [0.4, 0.5) is 18.9 Å². The Balaban J connectivity index is 2.17. The lowest BCUT2D eigenvalue weighted by atomic mass is 9.74. The van der Waals surface area contributed by atoms with E-state index in [1.165, 1.54) is 12.1 Å². The number of hydrogen-bond acceptors (Lipinski definition) is 1. The summed E-state index contributed by atoms with van der Waals surface area (Å²) in [6, 6.07) is 14.9. The Kier molecular flexibility index (Phi) is 2.89. The molecule has 3 rings (SSSR count). The summed E-state index contributed by atoms with van der Waals surface area (Å²) in [7, 11) is 0. The summed E-state index contributed by atoms with van der Waals surface area (Å²) in [4.78, 5) is 4.04. The first-order valence-electron chi connectivity index (χ1n) is 6.28. The molecule has 0 aromatic heterocycles. The quantitative estimate of drug-likeness (QED) is 0.729. The van der Waals surface area contributed by atoms with E-state index in [0.717, 1.165) is 6.21 Å². The van der Waals surface area contributed by atoms with Gasteiger partial charge in [0.2, 0.25) is 0 Å². The molecule has 102 valence electrons. The molecule has 0 amide bonds. The minimum absolute atomic E-state index is 0.111. The van der Waals surface area contributed by atoms with Gasteiger partial charge in [-0.15, -0.1) is 0 Å². The molecule has 2 aromatic carbocycles. The third kappa shape index (κ3) is 1.92. The Hall–Kier alpha value is -2.10. The van der Waals surface area contributed by atoms with Gasteiger partial charge in [-0.25, -0.2) is 0 Å². The van der Waals surface area contributed by atoms with E-state index in [9.17, 15) is 13.2 Å². The van der Waals surface area contributed by atoms with Crippen molar-refractivity contribution in [3.63, 3.8) is 0 Å². The Labute approximate surface area is 114 Å². The summed E-state index contributed by atoms with van der Waals surface area (Å²) in [6.07, 6.45) is -3.45. The van der Waals surface area contributed by atoms with Gasteiger partial charge in [0.05, 0.1) is 5.69 Å². The zero-order chi connectivity index (χ0) is 14.2. The molecule has 1 aliphatic heterocycles. The average Bonchev–Trinajstić information content (AvgIpc) is 2.46. The van der Waals surface area contributed by atoms with Gasteiger partial charge in [-0.1, -0.05) is 48.5 Å². The molecule has 1 heterocycles. The van der Waals surface area contributed by atoms with Crippen LogP contribution in [0.1, 0.15) is 11.1 Å². The predicted octanol–water partition coefficient (Wildman–Crippen LogP) is 4.45. The van der Waals surface area contributed by atoms with E-state index in [4.69, 9.17) is 0 Å². The highest BCUT2D eigenvalue weighted by Crippen LogP contribution is 2.46. The molecule has 0 bridgehead atoms. The maximum atomic E-state index is 13.7. The number of fused-ring (bicyclic) bond motifs is 1. The van der Waals surface area contributed by atoms with Crippen LogP contribution in [0.5, 0.6) is 0 Å². The van der Waals surface area contributed by atoms with Gasteiger partial charge in [0.15, 0.2) is 0 Å². The molecular weight excluding hydrogens is 263 g/mol. The second kappa shape index (κ2) is 4.47. The molecule has 20 heavy (non-hydrogen) atoms. The molecule has 0 radical (unpaired) electrons. The Morgan fingerprint density at radius 1 is 0.900 bits per heavy atom. The largest absolute Gasteiger partial charge is 0.403 e. The van der Waals surface area contributed by atoms with Crippen LogP contribution >= 0.6 is 0 Å². The topological polar surface area (TPSA) is 12.4 Å². The van der Waals surface area contributed by atoms with Gasteiger partial charge < -0.3 is 0 Å². The lowest BCUT2D eigenvalue weighted by molar-refractivity contribution is -0.168. The number of halogens is 3. The molecule has 0 N–H and O–H groups in total. The van der Waals surface area contributed by atoms with Crippen molar-refractivity contribution in [3.8, 4) is 0 Å². The highest BCUT2D eigenvalue weighted by molar-refractivity contribution is 5.81. The molecule has 4 heteroatoms. The predicted molar refractivity (Wildman–Crippen MR) is 72.5 cm³/mol. The number of para-hydroxylation sites is 1. The summed E-state index contributed by atoms with van der Waals surface area (Å²) in [5.41, 5.74) is -0.576. The average molecular weight is 275 g/mol. The molecular formula is C16H12F3N. The first-order chi connectivity index (χ1) is 9.53. The Morgan fingerprint density at radius 2 is 1.55 bits per heavy atom. The molecule has 0 aliphatic carbocycles. The normalized spacial score (nSPS) is 21.6. The fraction of sp³-hybridized carbons (Fsp3) is 0.188. The van der Waals surface area contributed by atoms with Gasteiger partial charge in [-0.2, -0.15) is 13.2 Å². The molecule has 0 spiro atoms. The number of alkyl halides is 3. The molecule has 0 fully saturated rings. The van der Waals surface area contributed by atoms with E-state index in [-0.39, 0.29) is 12.0 Å². The van der Waals surface area contributed by atoms with Crippen LogP contribution in [0.25, 0.3) is 0 Å². The lowest BCUT2D eigenvalue weighted by Gasteiger charge is -2.35. The fourth-order valence-corrected chi connectivity index (χ4v) is 2.56. The van der Waals surface area contributed by atoms with Gasteiger partial charge in [0.25, 0.3) is 0 Å². The summed E-state index contributed by atoms with van der Waals surface area (Å²) >= 11 is 0. The zero-order valence-corrected chi connectivity index (χ0v) is 10.6. The van der Waals surface area contributed by atoms with Gasteiger partial charge in [0, 0.05) is 6.21 Å². The number of benzene rings is 2. The van der Waals surface area contributed by atoms with Gasteiger partial charge in [-0.3, -0.25) is 4.99 Å². The van der Waals surface area contributed by atoms with Gasteiger partial charge in [0.1, 0.15) is 5.41 Å². The van der Waals surface area contributed by atoms with E-state index in [1.54, 1.807) is 42.5 Å². The number of nitrogens with zero attached hydrogens (tertiary/aromatic N) is 1. The number of rotatable bonds is 1. The van der Waals surface area contributed by atoms with E-state index in [2.05, 4.69) is 4.99 Å². The second-order valence-electron chi connectivity index (χ2n) is 4.90. The van der Waals surface area contributed by atoms with Crippen molar-refractivity contribution in [2.45, 2.75) is 18.0 Å². The second-order valence-corrected chi connectivity index (χ2v) is 4.90. The highest BCUT2D eigenvalue weighted by Gasteiger charge is 2.56. The number of aliphatic imine (C=N–C) groups is 1. The number of hydrogen-bond donors (Lipinski definition) is 0. The van der Waals surface area contributed by atoms with Gasteiger partial charge in [-0.05, 0) is 23.6 Å². The minimum Gasteiger partial charge on any atom is -0.260 e. The van der Waals surface area contributed by atoms with Crippen LogP contribution in [-0.4, -0.2) is 12.4 Å². The van der Waals surface area contributed by atoms with Crippen LogP contribution in [0.2, 0.25) is 0 Å². The van der Waals surface area contributed by atoms with Crippen molar-refractivity contribution in [3.05, 3.63) is 65.7 Å². The van der Waals surface area contributed by atoms with Crippen molar-refractivity contribution < 1.29 is 13.2 Å². The summed E-state index contributed by atoms with van der Waals surface area (Å²) in [5.74, 6) is 0. The molecule has 1 aliphatic rings. The zero-order valence-electron chi connectivity index (χ0n) is 10.6. The molecule has 1 atom stereocenters. The van der Waals surface area contributed by atoms with Crippen molar-refractivity contribution in [1.29, 1.82) is 0 Å². The third-order valence-electron chi connectivity index (χ3n) is 3.68. The van der Waals surface area contributed by atoms with Crippen LogP contribution < -0.4 is 0 Å². The lowest BCUT2D eigenvalue weighted by Crippen LogP contribution is -2.46. The van der Waals surface area contributed by atoms with Crippen molar-refractivity contribution in [1.82, 2.24) is 0 Å². The van der Waals surface area contributed by atoms with Crippen molar-refractivity contribution in [2.24, 2.45) is 4.99 Å². The third-order valence-corrected chi connectivity index (χ3v) is 3.68. The smallest absolute Gasteiger partial charge is 0.260 e. The van der Waals surface area contributed by atoms with Crippen molar-refractivity contribution >= 4 is 11.9 Å². The summed E-state index contributed by atoms with van der Waals surface area (Å²) in [5, 5.41) is 0. The highest BCUT2D eigenvalue weighted by atomic mass is 19.4. The first kappa shape index (κ1) is 12.9. The molecule has 2 aromatic rings. The standard InChI is InChI=1S/C16H12F3N/c17-16(18,19)15(13-7-2-1-3-8-13)10-12-6-4-5-9-14(12)20-11-15/h1-9,11H,10H2/t15-/m0/s1. The molecule has 0 unspecified atom stereocenters. The molecule has 0 saturated heterocycles. The maximum absolute atomic E-state index is 13.7. The SMILES string of the molecule is FC(F)(F)[C@]1(c2ccccc2)C=Nc2ccccc2C1. The van der Waals surface area contributed by atoms with Gasteiger partial charge >= 0.3 is 6.18 Å². The molecule has 0 saturated carbocycles. The summed E-state index contributed by atoms with van der Waals surface area (Å²) < 4.78 is 41.1. The van der Waals surface area contributed by atoms with Crippen LogP contribution in [0, 0.1) is 0 Å². The van der Waals surface area contributed by atoms with Crippen LogP contribution in [0.15, 0.2) is 59.6 Å². The van der Waals surface area contributed by atoms with Crippen molar-refractivity contribution in [2.75, 3.05) is 0 Å². The Morgan fingerprint density at radius 3 is 2.25 bits per heavy atom. The van der Waals surface area contributed by atoms with E-state index in [1.807, 2.05) is 0 Å². The molecule has 1 nitrogen and oxygen atoms in total. The van der Waals surface area contributed by atoms with E-state index >= 15 is 0 Å².